The van der Waals surface area contributed by atoms with Crippen LogP contribution in [0.15, 0.2) is 24.3 Å². The summed E-state index contributed by atoms with van der Waals surface area (Å²) in [5.74, 6) is 3.85. The number of para-hydroxylation sites is 1. The zero-order valence-electron chi connectivity index (χ0n) is 23.8. The maximum atomic E-state index is 13.1. The van der Waals surface area contributed by atoms with Gasteiger partial charge >= 0.3 is 0 Å². The molecule has 1 aliphatic carbocycles. The maximum Gasteiger partial charge on any atom is 0.236 e. The summed E-state index contributed by atoms with van der Waals surface area (Å²) in [4.78, 5) is 44.9. The maximum absolute atomic E-state index is 13.1. The summed E-state index contributed by atoms with van der Waals surface area (Å²) in [5, 5.41) is 1.25. The van der Waals surface area contributed by atoms with E-state index in [0.717, 1.165) is 73.4 Å². The summed E-state index contributed by atoms with van der Waals surface area (Å²) < 4.78 is 0. The summed E-state index contributed by atoms with van der Waals surface area (Å²) >= 11 is 3.30. The number of anilines is 2. The third-order valence-electron chi connectivity index (χ3n) is 8.46. The zero-order chi connectivity index (χ0) is 27.8. The smallest absolute Gasteiger partial charge is 0.236 e. The van der Waals surface area contributed by atoms with E-state index >= 15 is 0 Å². The minimum atomic E-state index is 0.0944. The summed E-state index contributed by atoms with van der Waals surface area (Å²) in [6.45, 7) is 10.3. The number of thioether (sulfide) groups is 1. The molecule has 0 radical (unpaired) electrons. The number of fused-ring (bicyclic) bond motifs is 4. The molecule has 0 bridgehead atoms. The molecule has 0 saturated carbocycles. The Bertz CT molecular complexity index is 1410. The molecular formula is C31H39N5O2S2. The van der Waals surface area contributed by atoms with E-state index in [-0.39, 0.29) is 17.7 Å². The lowest BCUT2D eigenvalue weighted by molar-refractivity contribution is -0.128. The molecule has 40 heavy (non-hydrogen) atoms. The molecule has 9 heteroatoms. The van der Waals surface area contributed by atoms with Crippen LogP contribution in [0.4, 0.5) is 11.5 Å². The molecule has 7 nitrogen and oxygen atoms in total. The standard InChI is InChI=1S/C31H39N5O2S2/c1-20(2)29-32-30(28-23-11-10-21(3)17-25(23)40-31(28)33-29)35-15-13-34(14-16-35)26(37)18-39-19-27(38)36-12-6-8-22-7-4-5-9-24(22)36/h4-5,7,9,20-21H,6,8,10-19H2,1-3H3. The van der Waals surface area contributed by atoms with Gasteiger partial charge in [-0.15, -0.1) is 23.1 Å². The number of benzene rings is 1. The number of aryl methyl sites for hydroxylation is 2. The van der Waals surface area contributed by atoms with Crippen molar-refractivity contribution in [2.75, 3.05) is 54.0 Å². The lowest BCUT2D eigenvalue weighted by atomic mass is 9.89. The van der Waals surface area contributed by atoms with Crippen molar-refractivity contribution in [2.24, 2.45) is 5.92 Å². The van der Waals surface area contributed by atoms with Gasteiger partial charge in [0.15, 0.2) is 0 Å². The normalized spacial score (nSPS) is 19.2. The molecule has 1 aromatic carbocycles. The van der Waals surface area contributed by atoms with Gasteiger partial charge in [0, 0.05) is 49.2 Å². The van der Waals surface area contributed by atoms with Crippen LogP contribution in [0.25, 0.3) is 10.2 Å². The van der Waals surface area contributed by atoms with Gasteiger partial charge in [0.05, 0.1) is 16.9 Å². The predicted octanol–water partition coefficient (Wildman–Crippen LogP) is 5.30. The van der Waals surface area contributed by atoms with Crippen LogP contribution in [0.2, 0.25) is 0 Å². The Morgan fingerprint density at radius 3 is 2.60 bits per heavy atom. The molecule has 1 unspecified atom stereocenters. The fourth-order valence-corrected chi connectivity index (χ4v) is 8.36. The van der Waals surface area contributed by atoms with E-state index in [4.69, 9.17) is 9.97 Å². The highest BCUT2D eigenvalue weighted by atomic mass is 32.2. The van der Waals surface area contributed by atoms with Crippen LogP contribution in [0.1, 0.15) is 61.4 Å². The first-order valence-corrected chi connectivity index (χ1v) is 16.7. The van der Waals surface area contributed by atoms with E-state index in [2.05, 4.69) is 31.7 Å². The third kappa shape index (κ3) is 5.47. The largest absolute Gasteiger partial charge is 0.352 e. The molecule has 1 atom stereocenters. The topological polar surface area (TPSA) is 69.6 Å². The molecule has 2 aromatic heterocycles. The summed E-state index contributed by atoms with van der Waals surface area (Å²) in [7, 11) is 0. The molecule has 212 valence electrons. The number of carbonyl (C=O) groups is 2. The molecule has 3 aliphatic rings. The number of hydrogen-bond donors (Lipinski definition) is 0. The predicted molar refractivity (Wildman–Crippen MR) is 166 cm³/mol. The minimum absolute atomic E-state index is 0.0944. The molecule has 1 saturated heterocycles. The average molecular weight is 578 g/mol. The van der Waals surface area contributed by atoms with Crippen LogP contribution in [-0.2, 0) is 28.9 Å². The van der Waals surface area contributed by atoms with E-state index in [1.54, 1.807) is 0 Å². The van der Waals surface area contributed by atoms with Crippen molar-refractivity contribution in [1.82, 2.24) is 14.9 Å². The number of amides is 2. The Morgan fingerprint density at radius 1 is 1.02 bits per heavy atom. The molecule has 2 aliphatic heterocycles. The lowest BCUT2D eigenvalue weighted by Crippen LogP contribution is -2.49. The number of thiophene rings is 1. The van der Waals surface area contributed by atoms with Gasteiger partial charge in [-0.2, -0.15) is 0 Å². The Kier molecular flexibility index (Phi) is 8.04. The van der Waals surface area contributed by atoms with Crippen molar-refractivity contribution < 1.29 is 9.59 Å². The summed E-state index contributed by atoms with van der Waals surface area (Å²) in [6.07, 6.45) is 5.47. The van der Waals surface area contributed by atoms with Gasteiger partial charge in [-0.05, 0) is 55.2 Å². The first-order chi connectivity index (χ1) is 19.4. The number of carbonyl (C=O) groups excluding carboxylic acids is 2. The Hall–Kier alpha value is -2.65. The second-order valence-corrected chi connectivity index (χ2v) is 13.8. The van der Waals surface area contributed by atoms with E-state index in [9.17, 15) is 9.59 Å². The van der Waals surface area contributed by atoms with Crippen molar-refractivity contribution >= 4 is 56.6 Å². The SMILES string of the molecule is CC1CCc2c(sc3nc(C(C)C)nc(N4CCN(C(=O)CSCC(=O)N5CCCc6ccccc65)CC4)c23)C1. The van der Waals surface area contributed by atoms with Gasteiger partial charge in [0.25, 0.3) is 0 Å². The first-order valence-electron chi connectivity index (χ1n) is 14.7. The Labute approximate surface area is 245 Å². The number of rotatable bonds is 6. The zero-order valence-corrected chi connectivity index (χ0v) is 25.5. The van der Waals surface area contributed by atoms with Gasteiger partial charge in [-0.25, -0.2) is 9.97 Å². The monoisotopic (exact) mass is 577 g/mol. The third-order valence-corrected chi connectivity index (χ3v) is 10.5. The fraction of sp³-hybridized carbons (Fsp3) is 0.548. The highest BCUT2D eigenvalue weighted by molar-refractivity contribution is 8.00. The summed E-state index contributed by atoms with van der Waals surface area (Å²) in [5.41, 5.74) is 3.72. The number of hydrogen-bond acceptors (Lipinski definition) is 7. The van der Waals surface area contributed by atoms with Crippen molar-refractivity contribution in [3.05, 3.63) is 46.1 Å². The van der Waals surface area contributed by atoms with Crippen molar-refractivity contribution in [2.45, 2.75) is 58.8 Å². The second kappa shape index (κ2) is 11.7. The van der Waals surface area contributed by atoms with Gasteiger partial charge in [0.1, 0.15) is 16.5 Å². The van der Waals surface area contributed by atoms with Crippen LogP contribution < -0.4 is 9.80 Å². The highest BCUT2D eigenvalue weighted by Gasteiger charge is 2.29. The van der Waals surface area contributed by atoms with Crippen molar-refractivity contribution in [3.8, 4) is 0 Å². The lowest BCUT2D eigenvalue weighted by Gasteiger charge is -2.36. The molecule has 6 rings (SSSR count). The molecule has 0 N–H and O–H groups in total. The molecule has 3 aromatic rings. The molecule has 1 fully saturated rings. The van der Waals surface area contributed by atoms with Crippen molar-refractivity contribution in [3.63, 3.8) is 0 Å². The Morgan fingerprint density at radius 2 is 1.80 bits per heavy atom. The van der Waals surface area contributed by atoms with Crippen LogP contribution in [-0.4, -0.2) is 70.9 Å². The van der Waals surface area contributed by atoms with Crippen LogP contribution >= 0.6 is 23.1 Å². The molecule has 4 heterocycles. The van der Waals surface area contributed by atoms with Gasteiger partial charge in [-0.1, -0.05) is 39.0 Å². The van der Waals surface area contributed by atoms with Crippen LogP contribution in [0.5, 0.6) is 0 Å². The van der Waals surface area contributed by atoms with Crippen molar-refractivity contribution in [1.29, 1.82) is 0 Å². The van der Waals surface area contributed by atoms with E-state index in [1.165, 1.54) is 39.6 Å². The van der Waals surface area contributed by atoms with Gasteiger partial charge < -0.3 is 14.7 Å². The second-order valence-electron chi connectivity index (χ2n) is 11.7. The van der Waals surface area contributed by atoms with Crippen LogP contribution in [0.3, 0.4) is 0 Å². The molecular weight excluding hydrogens is 539 g/mol. The summed E-state index contributed by atoms with van der Waals surface area (Å²) in [6, 6.07) is 8.16. The first kappa shape index (κ1) is 27.5. The molecule has 2 amide bonds. The number of aromatic nitrogens is 2. The van der Waals surface area contributed by atoms with E-state index in [0.29, 0.717) is 24.6 Å². The average Bonchev–Trinajstić information content (AvgIpc) is 3.33. The Balaban J connectivity index is 1.08. The highest BCUT2D eigenvalue weighted by Crippen LogP contribution is 2.41. The van der Waals surface area contributed by atoms with Gasteiger partial charge in [0.2, 0.25) is 11.8 Å². The van der Waals surface area contributed by atoms with E-state index in [1.807, 2.05) is 39.3 Å². The quantitative estimate of drug-likeness (QED) is 0.396. The fourth-order valence-electron chi connectivity index (χ4n) is 6.18. The van der Waals surface area contributed by atoms with Crippen LogP contribution in [0, 0.1) is 5.92 Å². The molecule has 0 spiro atoms. The minimum Gasteiger partial charge on any atom is -0.352 e. The number of nitrogens with zero attached hydrogens (tertiary/aromatic N) is 5. The number of piperazine rings is 1. The van der Waals surface area contributed by atoms with E-state index < -0.39 is 0 Å². The van der Waals surface area contributed by atoms with Gasteiger partial charge in [-0.3, -0.25) is 9.59 Å².